The van der Waals surface area contributed by atoms with Gasteiger partial charge in [0, 0.05) is 30.3 Å². The summed E-state index contributed by atoms with van der Waals surface area (Å²) in [5.74, 6) is -0.0504. The van der Waals surface area contributed by atoms with Crippen molar-refractivity contribution in [1.82, 2.24) is 4.90 Å². The molecule has 1 amide bonds. The topological polar surface area (TPSA) is 43.8 Å². The molecule has 0 aromatic heterocycles. The summed E-state index contributed by atoms with van der Waals surface area (Å²) in [7, 11) is 1.76. The lowest BCUT2D eigenvalue weighted by Crippen LogP contribution is -2.61. The molecule has 1 saturated heterocycles. The minimum absolute atomic E-state index is 0.0504. The van der Waals surface area contributed by atoms with Gasteiger partial charge in [0.2, 0.25) is 5.91 Å². The molecule has 2 atom stereocenters. The van der Waals surface area contributed by atoms with Crippen LogP contribution in [0.2, 0.25) is 5.02 Å². The van der Waals surface area contributed by atoms with Crippen LogP contribution in [0, 0.1) is 0 Å². The normalized spacial score (nSPS) is 24.6. The van der Waals surface area contributed by atoms with Crippen molar-refractivity contribution in [3.8, 4) is 0 Å². The predicted molar refractivity (Wildman–Crippen MR) is 71.9 cm³/mol. The molecular formula is C13H17ClN2O2. The van der Waals surface area contributed by atoms with Crippen LogP contribution in [-0.2, 0) is 4.79 Å². The van der Waals surface area contributed by atoms with Gasteiger partial charge in [-0.25, -0.2) is 0 Å². The third-order valence-corrected chi connectivity index (χ3v) is 3.56. The molecule has 2 rings (SSSR count). The lowest BCUT2D eigenvalue weighted by Gasteiger charge is -2.44. The molecule has 1 aromatic rings. The number of hydrogen-bond donors (Lipinski definition) is 1. The zero-order chi connectivity index (χ0) is 13.3. The average Bonchev–Trinajstić information content (AvgIpc) is 2.35. The molecular weight excluding hydrogens is 252 g/mol. The maximum atomic E-state index is 12.1. The van der Waals surface area contributed by atoms with E-state index in [1.807, 2.05) is 24.0 Å². The first-order chi connectivity index (χ1) is 8.54. The SMILES string of the molecule is CC1CN(C)C(=O)C(CO)N1c1ccc(Cl)cc1. The van der Waals surface area contributed by atoms with Crippen LogP contribution in [0.15, 0.2) is 24.3 Å². The number of benzene rings is 1. The van der Waals surface area contributed by atoms with Gasteiger partial charge in [0.1, 0.15) is 6.04 Å². The Hall–Kier alpha value is -1.26. The molecule has 98 valence electrons. The number of carbonyl (C=O) groups is 1. The fourth-order valence-electron chi connectivity index (χ4n) is 2.47. The average molecular weight is 269 g/mol. The van der Waals surface area contributed by atoms with Crippen molar-refractivity contribution in [3.05, 3.63) is 29.3 Å². The summed E-state index contributed by atoms with van der Waals surface area (Å²) in [6.07, 6.45) is 0. The third kappa shape index (κ3) is 2.31. The van der Waals surface area contributed by atoms with Gasteiger partial charge in [-0.2, -0.15) is 0 Å². The summed E-state index contributed by atoms with van der Waals surface area (Å²) in [4.78, 5) is 15.7. The highest BCUT2D eigenvalue weighted by Gasteiger charge is 2.36. The minimum Gasteiger partial charge on any atom is -0.394 e. The zero-order valence-electron chi connectivity index (χ0n) is 10.5. The Bertz CT molecular complexity index is 435. The van der Waals surface area contributed by atoms with E-state index in [0.29, 0.717) is 11.6 Å². The highest BCUT2D eigenvalue weighted by Crippen LogP contribution is 2.26. The van der Waals surface area contributed by atoms with E-state index in [2.05, 4.69) is 0 Å². The zero-order valence-corrected chi connectivity index (χ0v) is 11.3. The van der Waals surface area contributed by atoms with Crippen LogP contribution in [-0.4, -0.2) is 48.2 Å². The number of piperazine rings is 1. The molecule has 4 nitrogen and oxygen atoms in total. The van der Waals surface area contributed by atoms with Gasteiger partial charge in [0.25, 0.3) is 0 Å². The van der Waals surface area contributed by atoms with E-state index < -0.39 is 6.04 Å². The molecule has 1 aliphatic heterocycles. The van der Waals surface area contributed by atoms with Gasteiger partial charge < -0.3 is 14.9 Å². The molecule has 0 saturated carbocycles. The number of halogens is 1. The van der Waals surface area contributed by atoms with E-state index in [9.17, 15) is 9.90 Å². The number of rotatable bonds is 2. The summed E-state index contributed by atoms with van der Waals surface area (Å²) in [6, 6.07) is 6.98. The Morgan fingerprint density at radius 1 is 1.39 bits per heavy atom. The van der Waals surface area contributed by atoms with E-state index in [1.165, 1.54) is 0 Å². The number of aliphatic hydroxyl groups is 1. The first-order valence-electron chi connectivity index (χ1n) is 5.94. The standard InChI is InChI=1S/C13H17ClN2O2/c1-9-7-15(2)13(18)12(8-17)16(9)11-5-3-10(14)4-6-11/h3-6,9,12,17H,7-8H2,1-2H3. The van der Waals surface area contributed by atoms with Crippen LogP contribution in [0.25, 0.3) is 0 Å². The van der Waals surface area contributed by atoms with Gasteiger partial charge in [-0.3, -0.25) is 4.79 Å². The summed E-state index contributed by atoms with van der Waals surface area (Å²) in [5, 5.41) is 10.1. The predicted octanol–water partition coefficient (Wildman–Crippen LogP) is 1.37. The second-order valence-corrected chi connectivity index (χ2v) is 5.09. The smallest absolute Gasteiger partial charge is 0.247 e. The van der Waals surface area contributed by atoms with E-state index >= 15 is 0 Å². The fourth-order valence-corrected chi connectivity index (χ4v) is 2.59. The highest BCUT2D eigenvalue weighted by atomic mass is 35.5. The quantitative estimate of drug-likeness (QED) is 0.881. The first kappa shape index (κ1) is 13.2. The van der Waals surface area contributed by atoms with Gasteiger partial charge >= 0.3 is 0 Å². The lowest BCUT2D eigenvalue weighted by atomic mass is 10.1. The maximum Gasteiger partial charge on any atom is 0.247 e. The van der Waals surface area contributed by atoms with Crippen molar-refractivity contribution in [2.24, 2.45) is 0 Å². The van der Waals surface area contributed by atoms with Gasteiger partial charge in [0.05, 0.1) is 6.61 Å². The minimum atomic E-state index is -0.514. The van der Waals surface area contributed by atoms with Crippen molar-refractivity contribution in [2.45, 2.75) is 19.0 Å². The van der Waals surface area contributed by atoms with Gasteiger partial charge in [-0.15, -0.1) is 0 Å². The molecule has 0 aliphatic carbocycles. The molecule has 1 aromatic carbocycles. The molecule has 1 aliphatic rings. The van der Waals surface area contributed by atoms with E-state index in [4.69, 9.17) is 11.6 Å². The number of anilines is 1. The Morgan fingerprint density at radius 3 is 2.56 bits per heavy atom. The van der Waals surface area contributed by atoms with Gasteiger partial charge in [-0.05, 0) is 31.2 Å². The molecule has 0 radical (unpaired) electrons. The van der Waals surface area contributed by atoms with Crippen LogP contribution in [0.4, 0.5) is 5.69 Å². The number of aliphatic hydroxyl groups excluding tert-OH is 1. The number of likely N-dealkylation sites (N-methyl/N-ethyl adjacent to an activating group) is 1. The second-order valence-electron chi connectivity index (χ2n) is 4.65. The Morgan fingerprint density at radius 2 is 2.00 bits per heavy atom. The molecule has 1 N–H and O–H groups in total. The summed E-state index contributed by atoms with van der Waals surface area (Å²) in [6.45, 7) is 2.51. The second kappa shape index (κ2) is 5.16. The number of amides is 1. The Kier molecular flexibility index (Phi) is 3.78. The number of carbonyl (C=O) groups excluding carboxylic acids is 1. The lowest BCUT2D eigenvalue weighted by molar-refractivity contribution is -0.134. The largest absolute Gasteiger partial charge is 0.394 e. The van der Waals surface area contributed by atoms with Crippen LogP contribution in [0.5, 0.6) is 0 Å². The van der Waals surface area contributed by atoms with Crippen molar-refractivity contribution >= 4 is 23.2 Å². The molecule has 0 spiro atoms. The number of nitrogens with zero attached hydrogens (tertiary/aromatic N) is 2. The van der Waals surface area contributed by atoms with Crippen molar-refractivity contribution in [3.63, 3.8) is 0 Å². The monoisotopic (exact) mass is 268 g/mol. The summed E-state index contributed by atoms with van der Waals surface area (Å²) < 4.78 is 0. The van der Waals surface area contributed by atoms with Gasteiger partial charge in [0.15, 0.2) is 0 Å². The first-order valence-corrected chi connectivity index (χ1v) is 6.32. The highest BCUT2D eigenvalue weighted by molar-refractivity contribution is 6.30. The van der Waals surface area contributed by atoms with Gasteiger partial charge in [-0.1, -0.05) is 11.6 Å². The van der Waals surface area contributed by atoms with E-state index in [0.717, 1.165) is 5.69 Å². The Balaban J connectivity index is 2.34. The molecule has 1 heterocycles. The van der Waals surface area contributed by atoms with Crippen molar-refractivity contribution < 1.29 is 9.90 Å². The number of hydrogen-bond acceptors (Lipinski definition) is 3. The summed E-state index contributed by atoms with van der Waals surface area (Å²) in [5.41, 5.74) is 0.910. The molecule has 1 fully saturated rings. The van der Waals surface area contributed by atoms with E-state index in [-0.39, 0.29) is 18.6 Å². The molecule has 5 heteroatoms. The van der Waals surface area contributed by atoms with Crippen molar-refractivity contribution in [1.29, 1.82) is 0 Å². The molecule has 0 bridgehead atoms. The fraction of sp³-hybridized carbons (Fsp3) is 0.462. The van der Waals surface area contributed by atoms with Crippen molar-refractivity contribution in [2.75, 3.05) is 25.1 Å². The van der Waals surface area contributed by atoms with Crippen LogP contribution in [0.1, 0.15) is 6.92 Å². The third-order valence-electron chi connectivity index (χ3n) is 3.31. The maximum absolute atomic E-state index is 12.1. The molecule has 18 heavy (non-hydrogen) atoms. The van der Waals surface area contributed by atoms with E-state index in [1.54, 1.807) is 24.1 Å². The van der Waals surface area contributed by atoms with Crippen LogP contribution in [0.3, 0.4) is 0 Å². The van der Waals surface area contributed by atoms with Crippen LogP contribution >= 0.6 is 11.6 Å². The molecule has 2 unspecified atom stereocenters. The Labute approximate surface area is 112 Å². The summed E-state index contributed by atoms with van der Waals surface area (Å²) >= 11 is 5.87. The van der Waals surface area contributed by atoms with Crippen LogP contribution < -0.4 is 4.90 Å².